The molecule has 0 radical (unpaired) electrons. The second kappa shape index (κ2) is 4.27. The van der Waals surface area contributed by atoms with Crippen LogP contribution in [0.25, 0.3) is 0 Å². The molecule has 1 aromatic heterocycles. The van der Waals surface area contributed by atoms with Gasteiger partial charge in [0.25, 0.3) is 0 Å². The van der Waals surface area contributed by atoms with E-state index in [0.717, 1.165) is 17.9 Å². The fourth-order valence-corrected chi connectivity index (χ4v) is 2.22. The largest absolute Gasteiger partial charge is 0.348 e. The number of aromatic nitrogens is 2. The highest BCUT2D eigenvalue weighted by Crippen LogP contribution is 2.31. The number of hydrogen-bond donors (Lipinski definition) is 3. The van der Waals surface area contributed by atoms with E-state index in [0.29, 0.717) is 0 Å². The second-order valence-corrected chi connectivity index (χ2v) is 4.14. The van der Waals surface area contributed by atoms with Crippen molar-refractivity contribution in [1.82, 2.24) is 20.8 Å². The highest BCUT2D eigenvalue weighted by Gasteiger charge is 2.31. The SMILES string of the molecule is Fc1ccc(C2NNCC2c2ncc[nH]2)cc1. The summed E-state index contributed by atoms with van der Waals surface area (Å²) in [6, 6.07) is 6.68. The molecule has 5 heteroatoms. The fourth-order valence-electron chi connectivity index (χ4n) is 2.22. The molecule has 2 unspecified atom stereocenters. The minimum atomic E-state index is -0.214. The second-order valence-electron chi connectivity index (χ2n) is 4.14. The van der Waals surface area contributed by atoms with Crippen LogP contribution >= 0.6 is 0 Å². The van der Waals surface area contributed by atoms with Crippen molar-refractivity contribution in [2.24, 2.45) is 0 Å². The Morgan fingerprint density at radius 3 is 2.76 bits per heavy atom. The average molecular weight is 232 g/mol. The Kier molecular flexibility index (Phi) is 2.62. The number of nitrogens with one attached hydrogen (secondary N) is 3. The fraction of sp³-hybridized carbons (Fsp3) is 0.250. The van der Waals surface area contributed by atoms with E-state index >= 15 is 0 Å². The van der Waals surface area contributed by atoms with Crippen molar-refractivity contribution in [2.75, 3.05) is 6.54 Å². The zero-order valence-electron chi connectivity index (χ0n) is 9.15. The number of hydrazine groups is 1. The molecule has 3 N–H and O–H groups in total. The number of aromatic amines is 1. The van der Waals surface area contributed by atoms with Crippen molar-refractivity contribution in [3.05, 3.63) is 53.9 Å². The third kappa shape index (κ3) is 1.94. The van der Waals surface area contributed by atoms with Crippen molar-refractivity contribution in [1.29, 1.82) is 0 Å². The van der Waals surface area contributed by atoms with Gasteiger partial charge >= 0.3 is 0 Å². The first-order chi connectivity index (χ1) is 8.34. The molecule has 88 valence electrons. The van der Waals surface area contributed by atoms with Gasteiger partial charge in [0.1, 0.15) is 11.6 Å². The van der Waals surface area contributed by atoms with E-state index in [1.807, 2.05) is 6.20 Å². The van der Waals surface area contributed by atoms with E-state index in [1.165, 1.54) is 12.1 Å². The van der Waals surface area contributed by atoms with Gasteiger partial charge in [-0.1, -0.05) is 12.1 Å². The van der Waals surface area contributed by atoms with E-state index in [9.17, 15) is 4.39 Å². The van der Waals surface area contributed by atoms with Crippen LogP contribution in [0.2, 0.25) is 0 Å². The summed E-state index contributed by atoms with van der Waals surface area (Å²) in [7, 11) is 0. The maximum Gasteiger partial charge on any atom is 0.123 e. The number of imidazole rings is 1. The van der Waals surface area contributed by atoms with Crippen LogP contribution in [0.15, 0.2) is 36.7 Å². The molecular formula is C12H13FN4. The molecule has 0 saturated carbocycles. The summed E-state index contributed by atoms with van der Waals surface area (Å²) in [6.07, 6.45) is 3.56. The lowest BCUT2D eigenvalue weighted by Crippen LogP contribution is -2.24. The van der Waals surface area contributed by atoms with Crippen LogP contribution in [0, 0.1) is 5.82 Å². The Morgan fingerprint density at radius 1 is 1.24 bits per heavy atom. The van der Waals surface area contributed by atoms with Crippen molar-refractivity contribution >= 4 is 0 Å². The van der Waals surface area contributed by atoms with Crippen LogP contribution in [0.3, 0.4) is 0 Å². The van der Waals surface area contributed by atoms with Gasteiger partial charge in [0, 0.05) is 18.9 Å². The highest BCUT2D eigenvalue weighted by atomic mass is 19.1. The molecule has 3 rings (SSSR count). The van der Waals surface area contributed by atoms with Crippen LogP contribution in [-0.2, 0) is 0 Å². The summed E-state index contributed by atoms with van der Waals surface area (Å²) in [4.78, 5) is 7.41. The lowest BCUT2D eigenvalue weighted by molar-refractivity contribution is 0.541. The predicted octanol–water partition coefficient (Wildman–Crippen LogP) is 1.48. The third-order valence-electron chi connectivity index (χ3n) is 3.08. The lowest BCUT2D eigenvalue weighted by Gasteiger charge is -2.16. The van der Waals surface area contributed by atoms with Crippen LogP contribution in [-0.4, -0.2) is 16.5 Å². The Hall–Kier alpha value is -1.72. The summed E-state index contributed by atoms with van der Waals surface area (Å²) in [6.45, 7) is 0.801. The molecule has 1 saturated heterocycles. The number of halogens is 1. The molecular weight excluding hydrogens is 219 g/mol. The van der Waals surface area contributed by atoms with Crippen molar-refractivity contribution in [2.45, 2.75) is 12.0 Å². The minimum Gasteiger partial charge on any atom is -0.348 e. The Morgan fingerprint density at radius 2 is 2.06 bits per heavy atom. The Labute approximate surface area is 98.2 Å². The first-order valence-corrected chi connectivity index (χ1v) is 5.58. The summed E-state index contributed by atoms with van der Waals surface area (Å²) in [5.41, 5.74) is 7.37. The Bertz CT molecular complexity index is 480. The standard InChI is InChI=1S/C12H13FN4/c13-9-3-1-8(2-4-9)11-10(7-16-17-11)12-14-5-6-15-12/h1-6,10-11,16-17H,7H2,(H,14,15). The molecule has 1 aliphatic heterocycles. The van der Waals surface area contributed by atoms with E-state index in [2.05, 4.69) is 20.8 Å². The maximum absolute atomic E-state index is 12.9. The number of benzene rings is 1. The first-order valence-electron chi connectivity index (χ1n) is 5.58. The van der Waals surface area contributed by atoms with Crippen molar-refractivity contribution in [3.8, 4) is 0 Å². The van der Waals surface area contributed by atoms with Gasteiger partial charge in [0.05, 0.1) is 12.0 Å². The van der Waals surface area contributed by atoms with Gasteiger partial charge in [-0.3, -0.25) is 5.43 Å². The summed E-state index contributed by atoms with van der Waals surface area (Å²) in [5.74, 6) is 0.960. The van der Waals surface area contributed by atoms with Crippen LogP contribution in [0.1, 0.15) is 23.3 Å². The number of hydrogen-bond acceptors (Lipinski definition) is 3. The molecule has 0 bridgehead atoms. The number of H-pyrrole nitrogens is 1. The van der Waals surface area contributed by atoms with E-state index in [-0.39, 0.29) is 17.8 Å². The zero-order valence-corrected chi connectivity index (χ0v) is 9.15. The minimum absolute atomic E-state index is 0.113. The zero-order chi connectivity index (χ0) is 11.7. The summed E-state index contributed by atoms with van der Waals surface area (Å²) >= 11 is 0. The monoisotopic (exact) mass is 232 g/mol. The van der Waals surface area contributed by atoms with Crippen LogP contribution < -0.4 is 10.9 Å². The van der Waals surface area contributed by atoms with E-state index in [1.54, 1.807) is 18.3 Å². The van der Waals surface area contributed by atoms with Crippen molar-refractivity contribution < 1.29 is 4.39 Å². The molecule has 2 atom stereocenters. The molecule has 2 heterocycles. The van der Waals surface area contributed by atoms with Gasteiger partial charge in [0.2, 0.25) is 0 Å². The van der Waals surface area contributed by atoms with Gasteiger partial charge in [-0.2, -0.15) is 0 Å². The number of rotatable bonds is 2. The molecule has 4 nitrogen and oxygen atoms in total. The Balaban J connectivity index is 1.89. The van der Waals surface area contributed by atoms with Gasteiger partial charge < -0.3 is 4.98 Å². The van der Waals surface area contributed by atoms with E-state index in [4.69, 9.17) is 0 Å². The normalized spacial score (nSPS) is 24.1. The topological polar surface area (TPSA) is 52.7 Å². The highest BCUT2D eigenvalue weighted by molar-refractivity contribution is 5.25. The average Bonchev–Trinajstić information content (AvgIpc) is 3.00. The first kappa shape index (κ1) is 10.4. The molecule has 0 aliphatic carbocycles. The van der Waals surface area contributed by atoms with Crippen LogP contribution in [0.4, 0.5) is 4.39 Å². The van der Waals surface area contributed by atoms with Gasteiger partial charge in [0.15, 0.2) is 0 Å². The molecule has 1 aliphatic rings. The van der Waals surface area contributed by atoms with Crippen molar-refractivity contribution in [3.63, 3.8) is 0 Å². The quantitative estimate of drug-likeness (QED) is 0.735. The summed E-state index contributed by atoms with van der Waals surface area (Å²) < 4.78 is 12.9. The molecule has 0 spiro atoms. The predicted molar refractivity (Wildman–Crippen MR) is 61.6 cm³/mol. The smallest absolute Gasteiger partial charge is 0.123 e. The molecule has 0 amide bonds. The van der Waals surface area contributed by atoms with Gasteiger partial charge in [-0.25, -0.2) is 14.8 Å². The lowest BCUT2D eigenvalue weighted by atomic mass is 9.94. The molecule has 17 heavy (non-hydrogen) atoms. The molecule has 2 aromatic rings. The third-order valence-corrected chi connectivity index (χ3v) is 3.08. The maximum atomic E-state index is 12.9. The number of nitrogens with zero attached hydrogens (tertiary/aromatic N) is 1. The van der Waals surface area contributed by atoms with E-state index < -0.39 is 0 Å². The van der Waals surface area contributed by atoms with Gasteiger partial charge in [-0.05, 0) is 17.7 Å². The molecule has 1 aromatic carbocycles. The van der Waals surface area contributed by atoms with Gasteiger partial charge in [-0.15, -0.1) is 0 Å². The van der Waals surface area contributed by atoms with Crippen LogP contribution in [0.5, 0.6) is 0 Å². The molecule has 1 fully saturated rings. The summed E-state index contributed by atoms with van der Waals surface area (Å²) in [5, 5.41) is 0.